The molecule has 1 aromatic rings. The summed E-state index contributed by atoms with van der Waals surface area (Å²) < 4.78 is 5.64. The first-order valence-corrected chi connectivity index (χ1v) is 8.11. The molecule has 124 valence electrons. The molecule has 1 spiro atoms. The second-order valence-electron chi connectivity index (χ2n) is 6.71. The first-order chi connectivity index (χ1) is 11.0. The molecule has 23 heavy (non-hydrogen) atoms. The number of carbonyl (C=O) groups excluding carboxylic acids is 2. The zero-order valence-corrected chi connectivity index (χ0v) is 13.5. The molecule has 1 atom stereocenters. The quantitative estimate of drug-likeness (QED) is 0.906. The molecular formula is C17H23N3O3. The molecule has 1 aliphatic heterocycles. The third-order valence-electron chi connectivity index (χ3n) is 5.18. The number of hydrogen-bond donors (Lipinski definition) is 1. The molecule has 1 aromatic heterocycles. The summed E-state index contributed by atoms with van der Waals surface area (Å²) >= 11 is 0. The number of nitrogens with zero attached hydrogens (tertiary/aromatic N) is 2. The van der Waals surface area contributed by atoms with Crippen LogP contribution in [0.5, 0.6) is 0 Å². The van der Waals surface area contributed by atoms with Crippen LogP contribution in [0, 0.1) is 12.3 Å². The molecule has 2 amide bonds. The number of aromatic nitrogens is 1. The Kier molecular flexibility index (Phi) is 4.35. The van der Waals surface area contributed by atoms with Crippen LogP contribution in [0.25, 0.3) is 0 Å². The lowest BCUT2D eigenvalue weighted by atomic mass is 9.60. The number of primary amides is 1. The molecule has 1 aliphatic carbocycles. The number of aryl methyl sites for hydroxylation is 1. The lowest BCUT2D eigenvalue weighted by Gasteiger charge is -2.53. The summed E-state index contributed by atoms with van der Waals surface area (Å²) in [6, 6.07) is 1.88. The molecule has 6 nitrogen and oxygen atoms in total. The number of amides is 2. The normalized spacial score (nSPS) is 22.7. The van der Waals surface area contributed by atoms with Crippen LogP contribution in [0.1, 0.15) is 41.6 Å². The zero-order chi connectivity index (χ0) is 16.4. The highest BCUT2D eigenvalue weighted by molar-refractivity contribution is 5.94. The van der Waals surface area contributed by atoms with Crippen molar-refractivity contribution < 1.29 is 14.3 Å². The van der Waals surface area contributed by atoms with Gasteiger partial charge in [-0.2, -0.15) is 0 Å². The molecule has 2 heterocycles. The summed E-state index contributed by atoms with van der Waals surface area (Å²) in [6.45, 7) is 3.38. The van der Waals surface area contributed by atoms with E-state index >= 15 is 0 Å². The van der Waals surface area contributed by atoms with E-state index in [-0.39, 0.29) is 24.0 Å². The lowest BCUT2D eigenvalue weighted by Crippen LogP contribution is -2.54. The third-order valence-corrected chi connectivity index (χ3v) is 5.18. The van der Waals surface area contributed by atoms with Gasteiger partial charge in [0.1, 0.15) is 6.61 Å². The standard InChI is InChI=1S/C17H23N3O3/c1-12-8-13(10-19-9-12)16(22)20-6-4-17(5-7-20)3-2-14(17)23-11-15(18)21/h8-10,14H,2-7,11H2,1H3,(H2,18,21). The number of carbonyl (C=O) groups is 2. The van der Waals surface area contributed by atoms with Gasteiger partial charge in [0.05, 0.1) is 11.7 Å². The Morgan fingerprint density at radius 1 is 1.35 bits per heavy atom. The highest BCUT2D eigenvalue weighted by atomic mass is 16.5. The van der Waals surface area contributed by atoms with Crippen molar-refractivity contribution in [1.82, 2.24) is 9.88 Å². The first-order valence-electron chi connectivity index (χ1n) is 8.11. The van der Waals surface area contributed by atoms with Gasteiger partial charge in [0.15, 0.2) is 0 Å². The maximum absolute atomic E-state index is 12.6. The van der Waals surface area contributed by atoms with E-state index in [0.717, 1.165) is 44.3 Å². The fourth-order valence-electron chi connectivity index (χ4n) is 3.69. The molecule has 0 aromatic carbocycles. The highest BCUT2D eigenvalue weighted by Crippen LogP contribution is 2.50. The largest absolute Gasteiger partial charge is 0.368 e. The van der Waals surface area contributed by atoms with Gasteiger partial charge in [-0.15, -0.1) is 0 Å². The second kappa shape index (κ2) is 6.28. The molecule has 6 heteroatoms. The van der Waals surface area contributed by atoms with Gasteiger partial charge in [-0.1, -0.05) is 0 Å². The van der Waals surface area contributed by atoms with Crippen molar-refractivity contribution >= 4 is 11.8 Å². The van der Waals surface area contributed by atoms with Gasteiger partial charge in [0.25, 0.3) is 5.91 Å². The number of hydrogen-bond acceptors (Lipinski definition) is 4. The van der Waals surface area contributed by atoms with Crippen LogP contribution in [0.15, 0.2) is 18.5 Å². The number of pyridine rings is 1. The van der Waals surface area contributed by atoms with Gasteiger partial charge >= 0.3 is 0 Å². The van der Waals surface area contributed by atoms with Crippen LogP contribution in [-0.4, -0.2) is 47.5 Å². The van der Waals surface area contributed by atoms with Crippen molar-refractivity contribution in [3.63, 3.8) is 0 Å². The average Bonchev–Trinajstić information content (AvgIpc) is 2.53. The van der Waals surface area contributed by atoms with E-state index in [0.29, 0.717) is 5.56 Å². The van der Waals surface area contributed by atoms with E-state index in [1.807, 2.05) is 17.9 Å². The topological polar surface area (TPSA) is 85.5 Å². The minimum Gasteiger partial charge on any atom is -0.368 e. The number of rotatable bonds is 4. The van der Waals surface area contributed by atoms with Gasteiger partial charge in [0, 0.05) is 30.9 Å². The van der Waals surface area contributed by atoms with Crippen LogP contribution in [-0.2, 0) is 9.53 Å². The maximum Gasteiger partial charge on any atom is 0.255 e. The second-order valence-corrected chi connectivity index (χ2v) is 6.71. The molecule has 1 saturated carbocycles. The lowest BCUT2D eigenvalue weighted by molar-refractivity contribution is -0.148. The Balaban J connectivity index is 1.58. The molecule has 1 unspecified atom stereocenters. The molecule has 1 saturated heterocycles. The molecule has 2 N–H and O–H groups in total. The molecule has 2 fully saturated rings. The molecular weight excluding hydrogens is 294 g/mol. The predicted molar refractivity (Wildman–Crippen MR) is 84.7 cm³/mol. The van der Waals surface area contributed by atoms with Crippen molar-refractivity contribution in [3.8, 4) is 0 Å². The number of ether oxygens (including phenoxy) is 1. The molecule has 0 bridgehead atoms. The smallest absolute Gasteiger partial charge is 0.255 e. The Hall–Kier alpha value is -1.95. The summed E-state index contributed by atoms with van der Waals surface area (Å²) in [5, 5.41) is 0. The van der Waals surface area contributed by atoms with E-state index in [1.54, 1.807) is 12.4 Å². The minimum absolute atomic E-state index is 0.00990. The summed E-state index contributed by atoms with van der Waals surface area (Å²) in [5.74, 6) is -0.378. The summed E-state index contributed by atoms with van der Waals surface area (Å²) in [5.41, 5.74) is 6.91. The number of likely N-dealkylation sites (tertiary alicyclic amines) is 1. The molecule has 2 aliphatic rings. The Morgan fingerprint density at radius 3 is 2.65 bits per heavy atom. The van der Waals surface area contributed by atoms with E-state index in [9.17, 15) is 9.59 Å². The Labute approximate surface area is 136 Å². The molecule has 0 radical (unpaired) electrons. The van der Waals surface area contributed by atoms with Gasteiger partial charge in [-0.25, -0.2) is 0 Å². The Morgan fingerprint density at radius 2 is 2.09 bits per heavy atom. The minimum atomic E-state index is -0.424. The van der Waals surface area contributed by atoms with E-state index < -0.39 is 5.91 Å². The highest BCUT2D eigenvalue weighted by Gasteiger charge is 2.49. The summed E-state index contributed by atoms with van der Waals surface area (Å²) in [6.07, 6.45) is 7.39. The number of nitrogens with two attached hydrogens (primary N) is 1. The first kappa shape index (κ1) is 15.9. The Bertz CT molecular complexity index is 609. The fraction of sp³-hybridized carbons (Fsp3) is 0.588. The monoisotopic (exact) mass is 317 g/mol. The van der Waals surface area contributed by atoms with E-state index in [1.165, 1.54) is 0 Å². The molecule has 3 rings (SSSR count). The average molecular weight is 317 g/mol. The van der Waals surface area contributed by atoms with Gasteiger partial charge in [0.2, 0.25) is 5.91 Å². The van der Waals surface area contributed by atoms with Crippen LogP contribution >= 0.6 is 0 Å². The zero-order valence-electron chi connectivity index (χ0n) is 13.5. The van der Waals surface area contributed by atoms with E-state index in [4.69, 9.17) is 10.5 Å². The SMILES string of the molecule is Cc1cncc(C(=O)N2CCC3(CCC3OCC(N)=O)CC2)c1. The fourth-order valence-corrected chi connectivity index (χ4v) is 3.69. The van der Waals surface area contributed by atoms with Gasteiger partial charge in [-0.3, -0.25) is 14.6 Å². The van der Waals surface area contributed by atoms with Crippen molar-refractivity contribution in [3.05, 3.63) is 29.6 Å². The maximum atomic E-state index is 12.6. The van der Waals surface area contributed by atoms with Crippen LogP contribution in [0.4, 0.5) is 0 Å². The van der Waals surface area contributed by atoms with Crippen molar-refractivity contribution in [2.24, 2.45) is 11.1 Å². The van der Waals surface area contributed by atoms with Crippen LogP contribution in [0.2, 0.25) is 0 Å². The van der Waals surface area contributed by atoms with E-state index in [2.05, 4.69) is 4.98 Å². The van der Waals surface area contributed by atoms with Crippen LogP contribution in [0.3, 0.4) is 0 Å². The summed E-state index contributed by atoms with van der Waals surface area (Å²) in [7, 11) is 0. The van der Waals surface area contributed by atoms with Crippen LogP contribution < -0.4 is 5.73 Å². The van der Waals surface area contributed by atoms with Crippen molar-refractivity contribution in [2.75, 3.05) is 19.7 Å². The van der Waals surface area contributed by atoms with Crippen molar-refractivity contribution in [2.45, 2.75) is 38.7 Å². The van der Waals surface area contributed by atoms with Gasteiger partial charge < -0.3 is 15.4 Å². The third kappa shape index (κ3) is 3.22. The summed E-state index contributed by atoms with van der Waals surface area (Å²) in [4.78, 5) is 29.4. The number of piperidine rings is 1. The van der Waals surface area contributed by atoms with Crippen molar-refractivity contribution in [1.29, 1.82) is 0 Å². The van der Waals surface area contributed by atoms with Gasteiger partial charge in [-0.05, 0) is 44.2 Å². The predicted octanol–water partition coefficient (Wildman–Crippen LogP) is 1.28.